The fourth-order valence-electron chi connectivity index (χ4n) is 4.61. The zero-order valence-corrected chi connectivity index (χ0v) is 19.2. The zero-order valence-electron chi connectivity index (χ0n) is 19.2. The van der Waals surface area contributed by atoms with Crippen molar-refractivity contribution in [2.75, 3.05) is 10.2 Å². The Morgan fingerprint density at radius 3 is 2.71 bits per heavy atom. The molecule has 2 aliphatic rings. The number of anilines is 2. The lowest BCUT2D eigenvalue weighted by Gasteiger charge is -2.25. The van der Waals surface area contributed by atoms with Crippen molar-refractivity contribution in [1.29, 1.82) is 0 Å². The van der Waals surface area contributed by atoms with Gasteiger partial charge in [0.05, 0.1) is 11.6 Å². The third-order valence-corrected chi connectivity index (χ3v) is 6.06. The number of fused-ring (bicyclic) bond motifs is 1. The van der Waals surface area contributed by atoms with E-state index in [0.717, 1.165) is 11.3 Å². The molecule has 0 aliphatic carbocycles. The number of benzene rings is 2. The summed E-state index contributed by atoms with van der Waals surface area (Å²) < 4.78 is 5.74. The van der Waals surface area contributed by atoms with Crippen molar-refractivity contribution in [3.05, 3.63) is 89.3 Å². The number of ketones is 1. The van der Waals surface area contributed by atoms with Crippen LogP contribution in [0.3, 0.4) is 0 Å². The number of aromatic nitrogens is 1. The highest BCUT2D eigenvalue weighted by Crippen LogP contribution is 2.43. The molecule has 0 bridgehead atoms. The number of aliphatic hydroxyl groups is 1. The average molecular weight is 469 g/mol. The Morgan fingerprint density at radius 1 is 1.14 bits per heavy atom. The smallest absolute Gasteiger partial charge is 0.300 e. The second-order valence-electron chi connectivity index (χ2n) is 8.64. The molecule has 2 N–H and O–H groups in total. The highest BCUT2D eigenvalue weighted by molar-refractivity contribution is 6.51. The van der Waals surface area contributed by atoms with Crippen LogP contribution >= 0.6 is 0 Å². The lowest BCUT2D eigenvalue weighted by atomic mass is 9.95. The number of ether oxygens (including phenoxy) is 1. The van der Waals surface area contributed by atoms with Crippen LogP contribution < -0.4 is 15.0 Å². The third-order valence-electron chi connectivity index (χ3n) is 6.06. The first-order valence-electron chi connectivity index (χ1n) is 11.2. The van der Waals surface area contributed by atoms with Crippen LogP contribution in [0, 0.1) is 0 Å². The molecule has 0 radical (unpaired) electrons. The predicted octanol–water partition coefficient (Wildman–Crippen LogP) is 3.99. The first kappa shape index (κ1) is 22.3. The molecule has 3 aromatic rings. The van der Waals surface area contributed by atoms with Gasteiger partial charge in [0.15, 0.2) is 0 Å². The van der Waals surface area contributed by atoms with Crippen LogP contribution in [-0.4, -0.2) is 33.8 Å². The molecule has 1 fully saturated rings. The van der Waals surface area contributed by atoms with Crippen molar-refractivity contribution in [1.82, 2.24) is 4.98 Å². The Morgan fingerprint density at radius 2 is 1.97 bits per heavy atom. The third kappa shape index (κ3) is 4.03. The van der Waals surface area contributed by atoms with Gasteiger partial charge in [0.2, 0.25) is 5.91 Å². The summed E-state index contributed by atoms with van der Waals surface area (Å²) in [5.41, 5.74) is 2.78. The Labute approximate surface area is 201 Å². The summed E-state index contributed by atoms with van der Waals surface area (Å²) >= 11 is 0. The van der Waals surface area contributed by atoms with E-state index in [-0.39, 0.29) is 23.3 Å². The van der Waals surface area contributed by atoms with Gasteiger partial charge in [-0.05, 0) is 60.5 Å². The van der Waals surface area contributed by atoms with Crippen molar-refractivity contribution < 1.29 is 24.2 Å². The van der Waals surface area contributed by atoms with Crippen LogP contribution in [0.4, 0.5) is 11.4 Å². The van der Waals surface area contributed by atoms with E-state index in [1.54, 1.807) is 67.0 Å². The van der Waals surface area contributed by atoms with Gasteiger partial charge in [-0.3, -0.25) is 24.3 Å². The lowest BCUT2D eigenvalue weighted by Crippen LogP contribution is -2.29. The van der Waals surface area contributed by atoms with Gasteiger partial charge in [-0.25, -0.2) is 0 Å². The quantitative estimate of drug-likeness (QED) is 0.340. The minimum Gasteiger partial charge on any atom is -0.507 e. The van der Waals surface area contributed by atoms with Gasteiger partial charge >= 0.3 is 0 Å². The molecule has 3 heterocycles. The molecule has 0 saturated carbocycles. The van der Waals surface area contributed by atoms with Crippen molar-refractivity contribution in [2.45, 2.75) is 32.4 Å². The molecule has 8 heteroatoms. The number of nitrogens with one attached hydrogen (secondary N) is 1. The Balaban J connectivity index is 1.66. The fraction of sp³-hybridized carbons (Fsp3) is 0.185. The normalized spacial score (nSPS) is 20.5. The largest absolute Gasteiger partial charge is 0.507 e. The number of Topliss-reactive ketones (excluding diaryl/α,β-unsaturated/α-hetero) is 1. The predicted molar refractivity (Wildman–Crippen MR) is 130 cm³/mol. The van der Waals surface area contributed by atoms with E-state index in [1.165, 1.54) is 11.8 Å². The number of amides is 2. The summed E-state index contributed by atoms with van der Waals surface area (Å²) in [7, 11) is 0. The number of aliphatic hydroxyl groups excluding tert-OH is 1. The van der Waals surface area contributed by atoms with Crippen LogP contribution in [0.25, 0.3) is 5.76 Å². The first-order valence-corrected chi connectivity index (χ1v) is 11.2. The van der Waals surface area contributed by atoms with Crippen molar-refractivity contribution in [3.63, 3.8) is 0 Å². The van der Waals surface area contributed by atoms with Gasteiger partial charge < -0.3 is 15.2 Å². The molecule has 176 valence electrons. The summed E-state index contributed by atoms with van der Waals surface area (Å²) in [6.07, 6.45) is 3.87. The molecular weight excluding hydrogens is 446 g/mol. The topological polar surface area (TPSA) is 109 Å². The average Bonchev–Trinajstić information content (AvgIpc) is 3.34. The molecule has 2 aromatic carbocycles. The van der Waals surface area contributed by atoms with Crippen molar-refractivity contribution in [2.24, 2.45) is 0 Å². The second kappa shape index (κ2) is 8.72. The molecule has 5 rings (SSSR count). The molecular formula is C27H23N3O5. The van der Waals surface area contributed by atoms with Crippen molar-refractivity contribution >= 4 is 34.7 Å². The number of pyridine rings is 1. The molecule has 1 saturated heterocycles. The summed E-state index contributed by atoms with van der Waals surface area (Å²) in [5.74, 6) is -1.36. The fourth-order valence-corrected chi connectivity index (χ4v) is 4.61. The minimum absolute atomic E-state index is 0.0271. The molecule has 0 spiro atoms. The van der Waals surface area contributed by atoms with Crippen LogP contribution in [0.2, 0.25) is 0 Å². The first-order chi connectivity index (χ1) is 16.8. The van der Waals surface area contributed by atoms with Gasteiger partial charge in [0.1, 0.15) is 17.6 Å². The number of hydrogen-bond acceptors (Lipinski definition) is 6. The van der Waals surface area contributed by atoms with Crippen LogP contribution in [0.15, 0.2) is 72.6 Å². The number of nitrogens with zero attached hydrogens (tertiary/aromatic N) is 2. The molecule has 35 heavy (non-hydrogen) atoms. The van der Waals surface area contributed by atoms with E-state index >= 15 is 0 Å². The molecule has 8 nitrogen and oxygen atoms in total. The summed E-state index contributed by atoms with van der Waals surface area (Å²) in [4.78, 5) is 43.6. The number of carbonyl (C=O) groups is 3. The van der Waals surface area contributed by atoms with E-state index in [0.29, 0.717) is 28.9 Å². The molecule has 2 amide bonds. The van der Waals surface area contributed by atoms with E-state index in [4.69, 9.17) is 4.74 Å². The molecule has 2 aliphatic heterocycles. The van der Waals surface area contributed by atoms with E-state index < -0.39 is 17.7 Å². The van der Waals surface area contributed by atoms with Crippen LogP contribution in [0.5, 0.6) is 5.75 Å². The summed E-state index contributed by atoms with van der Waals surface area (Å²) in [6, 6.07) is 14.4. The molecule has 2 atom stereocenters. The number of hydrogen-bond donors (Lipinski definition) is 2. The van der Waals surface area contributed by atoms with Crippen LogP contribution in [0.1, 0.15) is 36.6 Å². The minimum atomic E-state index is -0.903. The Kier molecular flexibility index (Phi) is 5.56. The standard InChI is InChI=1S/C27H23N3O5/c1-15-11-19-12-17(8-9-22(19)35-15)25(32)23-24(18-5-4-10-28-14-18)30(27(34)26(23)33)21-7-3-6-20(13-21)29-16(2)31/h3-10,12-15,24,32H,11H2,1-2H3,(H,29,31)/b25-23-. The highest BCUT2D eigenvalue weighted by Gasteiger charge is 2.47. The monoisotopic (exact) mass is 469 g/mol. The van der Waals surface area contributed by atoms with Gasteiger partial charge in [-0.2, -0.15) is 0 Å². The number of rotatable bonds is 4. The number of carbonyl (C=O) groups excluding carboxylic acids is 3. The van der Waals surface area contributed by atoms with Gasteiger partial charge in [-0.15, -0.1) is 0 Å². The maximum absolute atomic E-state index is 13.3. The van der Waals surface area contributed by atoms with Crippen LogP contribution in [-0.2, 0) is 20.8 Å². The van der Waals surface area contributed by atoms with E-state index in [9.17, 15) is 19.5 Å². The summed E-state index contributed by atoms with van der Waals surface area (Å²) in [6.45, 7) is 3.35. The van der Waals surface area contributed by atoms with Crippen molar-refractivity contribution in [3.8, 4) is 5.75 Å². The van der Waals surface area contributed by atoms with Gasteiger partial charge in [-0.1, -0.05) is 12.1 Å². The van der Waals surface area contributed by atoms with Gasteiger partial charge in [0, 0.05) is 42.7 Å². The highest BCUT2D eigenvalue weighted by atomic mass is 16.5. The Hall–Kier alpha value is -4.46. The van der Waals surface area contributed by atoms with Gasteiger partial charge in [0.25, 0.3) is 11.7 Å². The van der Waals surface area contributed by atoms with E-state index in [1.807, 2.05) is 6.92 Å². The SMILES string of the molecule is CC(=O)Nc1cccc(N2C(=O)C(=O)/C(=C(\O)c3ccc4c(c3)CC(C)O4)C2c2cccnc2)c1. The molecule has 2 unspecified atom stereocenters. The second-order valence-corrected chi connectivity index (χ2v) is 8.64. The Bertz CT molecular complexity index is 1380. The molecule has 1 aromatic heterocycles. The maximum Gasteiger partial charge on any atom is 0.300 e. The zero-order chi connectivity index (χ0) is 24.7. The lowest BCUT2D eigenvalue weighted by molar-refractivity contribution is -0.132. The summed E-state index contributed by atoms with van der Waals surface area (Å²) in [5, 5.41) is 14.0. The van der Waals surface area contributed by atoms with E-state index in [2.05, 4.69) is 10.3 Å². The maximum atomic E-state index is 13.3.